The summed E-state index contributed by atoms with van der Waals surface area (Å²) in [5, 5.41) is 5.94. The zero-order valence-electron chi connectivity index (χ0n) is 13.6. The molecule has 1 fully saturated rings. The van der Waals surface area contributed by atoms with E-state index in [9.17, 15) is 0 Å². The molecule has 25 heavy (non-hydrogen) atoms. The molecular formula is C18H19BrClN3OS. The highest BCUT2D eigenvalue weighted by Crippen LogP contribution is 2.43. The van der Waals surface area contributed by atoms with Crippen molar-refractivity contribution in [3.8, 4) is 0 Å². The van der Waals surface area contributed by atoms with Gasteiger partial charge >= 0.3 is 0 Å². The van der Waals surface area contributed by atoms with Gasteiger partial charge in [-0.15, -0.1) is 11.3 Å². The summed E-state index contributed by atoms with van der Waals surface area (Å²) in [4.78, 5) is 5.72. The van der Waals surface area contributed by atoms with Crippen molar-refractivity contribution in [3.63, 3.8) is 0 Å². The van der Waals surface area contributed by atoms with E-state index in [4.69, 9.17) is 21.8 Å². The van der Waals surface area contributed by atoms with Crippen molar-refractivity contribution >= 4 is 55.7 Å². The topological polar surface area (TPSA) is 64.1 Å². The predicted octanol–water partition coefficient (Wildman–Crippen LogP) is 5.90. The highest BCUT2D eigenvalue weighted by atomic mass is 79.9. The van der Waals surface area contributed by atoms with Crippen LogP contribution in [0.3, 0.4) is 0 Å². The van der Waals surface area contributed by atoms with E-state index in [1.807, 2.05) is 12.1 Å². The third kappa shape index (κ3) is 3.45. The summed E-state index contributed by atoms with van der Waals surface area (Å²) in [6, 6.07) is 6.09. The van der Waals surface area contributed by atoms with E-state index in [0.717, 1.165) is 46.4 Å². The zero-order chi connectivity index (χ0) is 17.4. The van der Waals surface area contributed by atoms with Crippen molar-refractivity contribution in [2.75, 3.05) is 5.32 Å². The Labute approximate surface area is 163 Å². The van der Waals surface area contributed by atoms with Gasteiger partial charge in [-0.1, -0.05) is 30.5 Å². The molecule has 0 spiro atoms. The SMILES string of the molecule is N[C@@H]1CCCC[C@@H]1c1oc2c(NCc3cccs3)cc(Cl)nc2c1Br. The fourth-order valence-corrected chi connectivity index (χ4v) is 4.96. The molecule has 1 aliphatic carbocycles. The Morgan fingerprint density at radius 3 is 3.00 bits per heavy atom. The van der Waals surface area contributed by atoms with E-state index in [1.165, 1.54) is 17.7 Å². The number of aromatic nitrogens is 1. The van der Waals surface area contributed by atoms with Crippen molar-refractivity contribution < 1.29 is 4.42 Å². The third-order valence-corrected chi connectivity index (χ3v) is 6.60. The molecule has 3 aromatic heterocycles. The molecule has 3 aromatic rings. The first-order chi connectivity index (χ1) is 12.1. The van der Waals surface area contributed by atoms with Crippen LogP contribution < -0.4 is 11.1 Å². The summed E-state index contributed by atoms with van der Waals surface area (Å²) in [7, 11) is 0. The maximum Gasteiger partial charge on any atom is 0.177 e. The van der Waals surface area contributed by atoms with Crippen LogP contribution in [-0.2, 0) is 6.54 Å². The molecule has 132 valence electrons. The second-order valence-electron chi connectivity index (χ2n) is 6.44. The number of hydrogen-bond donors (Lipinski definition) is 2. The molecule has 0 unspecified atom stereocenters. The Kier molecular flexibility index (Phi) is 5.04. The number of pyridine rings is 1. The van der Waals surface area contributed by atoms with Crippen LogP contribution >= 0.6 is 38.9 Å². The number of nitrogens with two attached hydrogens (primary N) is 1. The molecule has 0 amide bonds. The van der Waals surface area contributed by atoms with Crippen molar-refractivity contribution in [3.05, 3.63) is 43.8 Å². The summed E-state index contributed by atoms with van der Waals surface area (Å²) < 4.78 is 7.14. The number of hydrogen-bond acceptors (Lipinski definition) is 5. The smallest absolute Gasteiger partial charge is 0.177 e. The molecule has 0 aromatic carbocycles. The minimum atomic E-state index is 0.128. The molecule has 0 bridgehead atoms. The molecule has 0 radical (unpaired) electrons. The van der Waals surface area contributed by atoms with Crippen LogP contribution in [-0.4, -0.2) is 11.0 Å². The van der Waals surface area contributed by atoms with Crippen LogP contribution in [0, 0.1) is 0 Å². The Balaban J connectivity index is 1.72. The normalized spacial score (nSPS) is 20.9. The first kappa shape index (κ1) is 17.3. The number of furan rings is 1. The average Bonchev–Trinajstić information content (AvgIpc) is 3.22. The first-order valence-corrected chi connectivity index (χ1v) is 10.5. The molecule has 1 aliphatic rings. The summed E-state index contributed by atoms with van der Waals surface area (Å²) in [5.41, 5.74) is 8.71. The molecule has 4 nitrogen and oxygen atoms in total. The van der Waals surface area contributed by atoms with Crippen molar-refractivity contribution in [1.82, 2.24) is 4.98 Å². The minimum Gasteiger partial charge on any atom is -0.456 e. The third-order valence-electron chi connectivity index (χ3n) is 4.77. The standard InChI is InChI=1S/C18H19BrClN3OS/c19-15-16-18(24-17(15)11-5-1-2-6-12(11)21)13(8-14(20)23-16)22-9-10-4-3-7-25-10/h3-4,7-8,11-12H,1-2,5-6,9,21H2,(H,22,23)/t11-,12+/m0/s1. The number of nitrogens with one attached hydrogen (secondary N) is 1. The molecule has 3 N–H and O–H groups in total. The highest BCUT2D eigenvalue weighted by Gasteiger charge is 2.30. The van der Waals surface area contributed by atoms with Gasteiger partial charge < -0.3 is 15.5 Å². The van der Waals surface area contributed by atoms with Gasteiger partial charge in [-0.25, -0.2) is 4.98 Å². The van der Waals surface area contributed by atoms with Gasteiger partial charge in [-0.3, -0.25) is 0 Å². The zero-order valence-corrected chi connectivity index (χ0v) is 16.8. The van der Waals surface area contributed by atoms with Gasteiger partial charge in [0.2, 0.25) is 0 Å². The number of rotatable bonds is 4. The Hall–Kier alpha value is -1.08. The van der Waals surface area contributed by atoms with Gasteiger partial charge in [-0.2, -0.15) is 0 Å². The molecule has 3 heterocycles. The van der Waals surface area contributed by atoms with E-state index in [2.05, 4.69) is 37.7 Å². The highest BCUT2D eigenvalue weighted by molar-refractivity contribution is 9.10. The second-order valence-corrected chi connectivity index (χ2v) is 8.65. The largest absolute Gasteiger partial charge is 0.456 e. The Morgan fingerprint density at radius 2 is 2.24 bits per heavy atom. The molecular weight excluding hydrogens is 422 g/mol. The summed E-state index contributed by atoms with van der Waals surface area (Å²) in [6.45, 7) is 0.726. The average molecular weight is 441 g/mol. The molecule has 0 aliphatic heterocycles. The van der Waals surface area contributed by atoms with Crippen molar-refractivity contribution in [2.24, 2.45) is 5.73 Å². The van der Waals surface area contributed by atoms with Crippen LogP contribution in [0.1, 0.15) is 42.2 Å². The fraction of sp³-hybridized carbons (Fsp3) is 0.389. The molecule has 0 saturated heterocycles. The van der Waals surface area contributed by atoms with Gasteiger partial charge in [0.25, 0.3) is 0 Å². The lowest BCUT2D eigenvalue weighted by molar-refractivity contribution is 0.340. The fourth-order valence-electron chi connectivity index (χ4n) is 3.48. The number of anilines is 1. The Bertz CT molecular complexity index is 880. The van der Waals surface area contributed by atoms with Gasteiger partial charge in [0.1, 0.15) is 16.4 Å². The summed E-state index contributed by atoms with van der Waals surface area (Å²) in [6.07, 6.45) is 4.45. The maximum absolute atomic E-state index is 6.35. The van der Waals surface area contributed by atoms with E-state index < -0.39 is 0 Å². The lowest BCUT2D eigenvalue weighted by atomic mass is 9.83. The van der Waals surface area contributed by atoms with E-state index in [-0.39, 0.29) is 12.0 Å². The van der Waals surface area contributed by atoms with Crippen LogP contribution in [0.2, 0.25) is 5.15 Å². The predicted molar refractivity (Wildman–Crippen MR) is 108 cm³/mol. The van der Waals surface area contributed by atoms with Gasteiger partial charge in [0.15, 0.2) is 5.58 Å². The quantitative estimate of drug-likeness (QED) is 0.496. The monoisotopic (exact) mass is 439 g/mol. The lowest BCUT2D eigenvalue weighted by Crippen LogP contribution is -2.31. The number of fused-ring (bicyclic) bond motifs is 1. The van der Waals surface area contributed by atoms with Gasteiger partial charge in [-0.05, 0) is 40.2 Å². The number of nitrogens with zero attached hydrogens (tertiary/aromatic N) is 1. The second kappa shape index (κ2) is 7.27. The van der Waals surface area contributed by atoms with E-state index >= 15 is 0 Å². The van der Waals surface area contributed by atoms with Crippen LogP contribution in [0.4, 0.5) is 5.69 Å². The van der Waals surface area contributed by atoms with E-state index in [1.54, 1.807) is 11.3 Å². The maximum atomic E-state index is 6.35. The lowest BCUT2D eigenvalue weighted by Gasteiger charge is -2.27. The van der Waals surface area contributed by atoms with E-state index in [0.29, 0.717) is 5.15 Å². The summed E-state index contributed by atoms with van der Waals surface area (Å²) in [5.74, 6) is 1.12. The van der Waals surface area contributed by atoms with Crippen molar-refractivity contribution in [1.29, 1.82) is 0 Å². The number of thiophene rings is 1. The molecule has 4 rings (SSSR count). The number of halogens is 2. The van der Waals surface area contributed by atoms with Crippen LogP contribution in [0.5, 0.6) is 0 Å². The molecule has 2 atom stereocenters. The Morgan fingerprint density at radius 1 is 1.40 bits per heavy atom. The van der Waals surface area contributed by atoms with Crippen molar-refractivity contribution in [2.45, 2.75) is 44.2 Å². The van der Waals surface area contributed by atoms with Gasteiger partial charge in [0, 0.05) is 29.4 Å². The van der Waals surface area contributed by atoms with Gasteiger partial charge in [0.05, 0.1) is 10.2 Å². The first-order valence-electron chi connectivity index (χ1n) is 8.43. The molecule has 7 heteroatoms. The minimum absolute atomic E-state index is 0.128. The van der Waals surface area contributed by atoms with Crippen LogP contribution in [0.15, 0.2) is 32.5 Å². The van der Waals surface area contributed by atoms with Crippen LogP contribution in [0.25, 0.3) is 11.1 Å². The summed E-state index contributed by atoms with van der Waals surface area (Å²) >= 11 is 11.6. The molecule has 1 saturated carbocycles.